The van der Waals surface area contributed by atoms with Crippen LogP contribution in [0.3, 0.4) is 0 Å². The zero-order chi connectivity index (χ0) is 18.1. The summed E-state index contributed by atoms with van der Waals surface area (Å²) in [4.78, 5) is 8.42. The molecular formula is C20H30N4O. The van der Waals surface area contributed by atoms with Crippen molar-refractivity contribution in [2.75, 3.05) is 17.7 Å². The number of aryl methyl sites for hydroxylation is 1. The summed E-state index contributed by atoms with van der Waals surface area (Å²) in [7, 11) is 0. The van der Waals surface area contributed by atoms with Crippen LogP contribution < -0.4 is 15.8 Å². The number of nitrogens with zero attached hydrogens (tertiary/aromatic N) is 2. The number of nitrogen functional groups attached to an aromatic ring is 1. The van der Waals surface area contributed by atoms with Crippen molar-refractivity contribution in [1.29, 1.82) is 0 Å². The Kier molecular flexibility index (Phi) is 7.51. The van der Waals surface area contributed by atoms with Gasteiger partial charge in [0.1, 0.15) is 0 Å². The molecule has 0 bridgehead atoms. The molecule has 3 N–H and O–H groups in total. The molecule has 0 radical (unpaired) electrons. The Morgan fingerprint density at radius 1 is 1.16 bits per heavy atom. The molecule has 1 aromatic heterocycles. The fraction of sp³-hybridized carbons (Fsp3) is 0.500. The van der Waals surface area contributed by atoms with E-state index < -0.39 is 0 Å². The molecule has 1 heterocycles. The van der Waals surface area contributed by atoms with Gasteiger partial charge < -0.3 is 15.8 Å². The molecular weight excluding hydrogens is 312 g/mol. The first kappa shape index (κ1) is 19.0. The number of ether oxygens (including phenoxy) is 1. The normalized spacial score (nSPS) is 13.2. The van der Waals surface area contributed by atoms with Crippen LogP contribution in [0.5, 0.6) is 5.75 Å². The van der Waals surface area contributed by atoms with Gasteiger partial charge in [0.05, 0.1) is 12.8 Å². The number of rotatable bonds is 10. The van der Waals surface area contributed by atoms with Gasteiger partial charge in [-0.2, -0.15) is 4.98 Å². The molecule has 1 unspecified atom stereocenters. The molecule has 5 nitrogen and oxygen atoms in total. The maximum Gasteiger partial charge on any atom is 0.222 e. The topological polar surface area (TPSA) is 73.1 Å². The van der Waals surface area contributed by atoms with Crippen LogP contribution in [0.15, 0.2) is 36.5 Å². The van der Waals surface area contributed by atoms with E-state index in [1.165, 1.54) is 5.56 Å². The quantitative estimate of drug-likeness (QED) is 0.630. The van der Waals surface area contributed by atoms with Crippen LogP contribution in [0, 0.1) is 5.92 Å². The van der Waals surface area contributed by atoms with E-state index in [1.54, 1.807) is 6.20 Å². The van der Waals surface area contributed by atoms with Crippen molar-refractivity contribution < 1.29 is 4.74 Å². The van der Waals surface area contributed by atoms with E-state index in [9.17, 15) is 0 Å². The maximum absolute atomic E-state index is 5.93. The summed E-state index contributed by atoms with van der Waals surface area (Å²) in [5, 5.41) is 3.49. The Bertz CT molecular complexity index is 633. The van der Waals surface area contributed by atoms with Crippen molar-refractivity contribution in [2.45, 2.75) is 52.5 Å². The second kappa shape index (κ2) is 9.87. The molecule has 0 aliphatic rings. The van der Waals surface area contributed by atoms with Gasteiger partial charge in [-0.25, -0.2) is 4.98 Å². The van der Waals surface area contributed by atoms with Crippen molar-refractivity contribution >= 4 is 11.8 Å². The summed E-state index contributed by atoms with van der Waals surface area (Å²) in [6, 6.07) is 10.8. The minimum atomic E-state index is 0.262. The summed E-state index contributed by atoms with van der Waals surface area (Å²) in [6.07, 6.45) is 5.72. The molecule has 0 spiro atoms. The van der Waals surface area contributed by atoms with E-state index in [-0.39, 0.29) is 5.95 Å². The second-order valence-electron chi connectivity index (χ2n) is 6.42. The fourth-order valence-electron chi connectivity index (χ4n) is 2.80. The van der Waals surface area contributed by atoms with E-state index in [0.29, 0.717) is 30.1 Å². The zero-order valence-corrected chi connectivity index (χ0v) is 15.5. The van der Waals surface area contributed by atoms with Crippen LogP contribution in [-0.2, 0) is 6.42 Å². The van der Waals surface area contributed by atoms with Gasteiger partial charge in [-0.15, -0.1) is 0 Å². The summed E-state index contributed by atoms with van der Waals surface area (Å²) in [5.74, 6) is 2.17. The Hall–Kier alpha value is -2.30. The average Bonchev–Trinajstić information content (AvgIpc) is 2.64. The average molecular weight is 342 g/mol. The van der Waals surface area contributed by atoms with E-state index in [2.05, 4.69) is 60.3 Å². The highest BCUT2D eigenvalue weighted by molar-refractivity contribution is 5.51. The van der Waals surface area contributed by atoms with Crippen molar-refractivity contribution in [3.05, 3.63) is 42.1 Å². The third kappa shape index (κ3) is 5.93. The highest BCUT2D eigenvalue weighted by Gasteiger charge is 2.17. The van der Waals surface area contributed by atoms with Gasteiger partial charge in [-0.05, 0) is 30.7 Å². The van der Waals surface area contributed by atoms with Crippen molar-refractivity contribution in [3.8, 4) is 5.75 Å². The zero-order valence-electron chi connectivity index (χ0n) is 15.5. The number of anilines is 2. The maximum atomic E-state index is 5.93. The number of nitrogens with two attached hydrogens (primary N) is 1. The van der Waals surface area contributed by atoms with Gasteiger partial charge in [-0.1, -0.05) is 57.5 Å². The SMILES string of the molecule is CCC(Nc1nc(N)ncc1OCCCc1ccccc1)[C@@H](C)CC. The Labute approximate surface area is 151 Å². The predicted molar refractivity (Wildman–Crippen MR) is 104 cm³/mol. The lowest BCUT2D eigenvalue weighted by Gasteiger charge is -2.24. The molecule has 0 aliphatic heterocycles. The van der Waals surface area contributed by atoms with Gasteiger partial charge in [0, 0.05) is 6.04 Å². The highest BCUT2D eigenvalue weighted by Crippen LogP contribution is 2.25. The molecule has 2 aromatic rings. The molecule has 0 saturated heterocycles. The Balaban J connectivity index is 1.95. The van der Waals surface area contributed by atoms with Crippen molar-refractivity contribution in [1.82, 2.24) is 9.97 Å². The lowest BCUT2D eigenvalue weighted by Crippen LogP contribution is -2.27. The standard InChI is InChI=1S/C20H30N4O/c1-4-15(3)17(5-2)23-19-18(14-22-20(21)24-19)25-13-9-12-16-10-7-6-8-11-16/h6-8,10-11,14-15,17H,4-5,9,12-13H2,1-3H3,(H3,21,22,23,24)/t15-,17?/m0/s1. The van der Waals surface area contributed by atoms with E-state index in [4.69, 9.17) is 10.5 Å². The van der Waals surface area contributed by atoms with Gasteiger partial charge >= 0.3 is 0 Å². The number of hydrogen-bond donors (Lipinski definition) is 2. The van der Waals surface area contributed by atoms with Crippen LogP contribution in [0.2, 0.25) is 0 Å². The first-order valence-corrected chi connectivity index (χ1v) is 9.19. The first-order chi connectivity index (χ1) is 12.1. The molecule has 0 amide bonds. The van der Waals surface area contributed by atoms with E-state index in [0.717, 1.165) is 25.7 Å². The molecule has 5 heteroatoms. The number of nitrogens with one attached hydrogen (secondary N) is 1. The van der Waals surface area contributed by atoms with Crippen LogP contribution in [0.4, 0.5) is 11.8 Å². The molecule has 0 saturated carbocycles. The van der Waals surface area contributed by atoms with Crippen LogP contribution >= 0.6 is 0 Å². The second-order valence-corrected chi connectivity index (χ2v) is 6.42. The third-order valence-corrected chi connectivity index (χ3v) is 4.58. The summed E-state index contributed by atoms with van der Waals surface area (Å²) in [6.45, 7) is 7.24. The first-order valence-electron chi connectivity index (χ1n) is 9.19. The molecule has 2 atom stereocenters. The monoisotopic (exact) mass is 342 g/mol. The molecule has 0 aliphatic carbocycles. The molecule has 136 valence electrons. The number of hydrogen-bond acceptors (Lipinski definition) is 5. The lowest BCUT2D eigenvalue weighted by atomic mass is 9.97. The lowest BCUT2D eigenvalue weighted by molar-refractivity contribution is 0.309. The summed E-state index contributed by atoms with van der Waals surface area (Å²) >= 11 is 0. The smallest absolute Gasteiger partial charge is 0.222 e. The number of aromatic nitrogens is 2. The van der Waals surface area contributed by atoms with E-state index >= 15 is 0 Å². The molecule has 0 fully saturated rings. The largest absolute Gasteiger partial charge is 0.488 e. The van der Waals surface area contributed by atoms with Gasteiger partial charge in [0.25, 0.3) is 0 Å². The predicted octanol–water partition coefficient (Wildman–Crippen LogP) is 4.31. The minimum absolute atomic E-state index is 0.262. The summed E-state index contributed by atoms with van der Waals surface area (Å²) < 4.78 is 5.93. The minimum Gasteiger partial charge on any atom is -0.488 e. The van der Waals surface area contributed by atoms with Gasteiger partial charge in [0.15, 0.2) is 11.6 Å². The highest BCUT2D eigenvalue weighted by atomic mass is 16.5. The van der Waals surface area contributed by atoms with Crippen molar-refractivity contribution in [2.24, 2.45) is 5.92 Å². The fourth-order valence-corrected chi connectivity index (χ4v) is 2.80. The van der Waals surface area contributed by atoms with Gasteiger partial charge in [-0.3, -0.25) is 0 Å². The third-order valence-electron chi connectivity index (χ3n) is 4.58. The van der Waals surface area contributed by atoms with Crippen LogP contribution in [0.1, 0.15) is 45.6 Å². The van der Waals surface area contributed by atoms with Crippen molar-refractivity contribution in [3.63, 3.8) is 0 Å². The Morgan fingerprint density at radius 2 is 1.92 bits per heavy atom. The number of benzene rings is 1. The molecule has 1 aromatic carbocycles. The summed E-state index contributed by atoms with van der Waals surface area (Å²) in [5.41, 5.74) is 7.09. The van der Waals surface area contributed by atoms with Gasteiger partial charge in [0.2, 0.25) is 5.95 Å². The Morgan fingerprint density at radius 3 is 2.60 bits per heavy atom. The van der Waals surface area contributed by atoms with Crippen LogP contribution in [0.25, 0.3) is 0 Å². The molecule has 25 heavy (non-hydrogen) atoms. The molecule has 2 rings (SSSR count). The van der Waals surface area contributed by atoms with E-state index in [1.807, 2.05) is 6.07 Å². The van der Waals surface area contributed by atoms with Crippen LogP contribution in [-0.4, -0.2) is 22.6 Å².